The van der Waals surface area contributed by atoms with E-state index in [4.69, 9.17) is 4.74 Å². The van der Waals surface area contributed by atoms with Crippen molar-refractivity contribution in [2.24, 2.45) is 18.4 Å². The molecule has 0 aromatic carbocycles. The molecule has 1 saturated carbocycles. The maximum Gasteiger partial charge on any atom is 0.163 e. The minimum absolute atomic E-state index is 0.543. The van der Waals surface area contributed by atoms with Crippen LogP contribution >= 0.6 is 0 Å². The second kappa shape index (κ2) is 4.90. The average molecular weight is 313 g/mol. The van der Waals surface area contributed by atoms with E-state index < -0.39 is 0 Å². The van der Waals surface area contributed by atoms with Gasteiger partial charge in [-0.25, -0.2) is 9.97 Å². The fourth-order valence-electron chi connectivity index (χ4n) is 5.01. The van der Waals surface area contributed by atoms with Gasteiger partial charge in [-0.15, -0.1) is 0 Å². The van der Waals surface area contributed by atoms with Gasteiger partial charge in [0.25, 0.3) is 0 Å². The van der Waals surface area contributed by atoms with Gasteiger partial charge >= 0.3 is 0 Å². The van der Waals surface area contributed by atoms with Crippen molar-refractivity contribution in [1.29, 1.82) is 0 Å². The quantitative estimate of drug-likeness (QED) is 0.850. The van der Waals surface area contributed by atoms with E-state index in [-0.39, 0.29) is 0 Å². The second-order valence-corrected chi connectivity index (χ2v) is 7.44. The highest BCUT2D eigenvalue weighted by molar-refractivity contribution is 5.87. The van der Waals surface area contributed by atoms with Crippen LogP contribution in [-0.2, 0) is 11.8 Å². The van der Waals surface area contributed by atoms with Crippen LogP contribution in [0.1, 0.15) is 32.1 Å². The van der Waals surface area contributed by atoms with Crippen LogP contribution in [0.4, 0.5) is 5.82 Å². The Morgan fingerprint density at radius 3 is 2.78 bits per heavy atom. The highest BCUT2D eigenvalue weighted by atomic mass is 16.5. The van der Waals surface area contributed by atoms with E-state index in [9.17, 15) is 0 Å². The zero-order valence-corrected chi connectivity index (χ0v) is 13.6. The molecular formula is C17H23N5O. The number of rotatable bonds is 2. The monoisotopic (exact) mass is 313 g/mol. The molecule has 3 aliphatic rings. The number of hydrogen-bond donors (Lipinski definition) is 0. The van der Waals surface area contributed by atoms with Crippen molar-refractivity contribution in [3.63, 3.8) is 0 Å². The predicted molar refractivity (Wildman–Crippen MR) is 87.3 cm³/mol. The standard InChI is InChI=1S/C17H23N5O/c1-21-15-13(9-20-21)16(19-11-18-15)22-10-17(5-2-6-17)14(22)12-3-7-23-8-4-12/h9,11-12,14H,2-8,10H2,1H3. The Kier molecular flexibility index (Phi) is 2.92. The summed E-state index contributed by atoms with van der Waals surface area (Å²) in [6, 6.07) is 0.624. The average Bonchev–Trinajstić information content (AvgIpc) is 2.89. The molecule has 2 aliphatic heterocycles. The molecule has 0 N–H and O–H groups in total. The summed E-state index contributed by atoms with van der Waals surface area (Å²) in [4.78, 5) is 11.6. The number of ether oxygens (including phenoxy) is 1. The van der Waals surface area contributed by atoms with Gasteiger partial charge in [-0.2, -0.15) is 5.10 Å². The number of nitrogens with zero attached hydrogens (tertiary/aromatic N) is 5. The molecule has 2 saturated heterocycles. The van der Waals surface area contributed by atoms with Gasteiger partial charge in [-0.3, -0.25) is 4.68 Å². The second-order valence-electron chi connectivity index (χ2n) is 7.44. The zero-order valence-electron chi connectivity index (χ0n) is 13.6. The first-order valence-corrected chi connectivity index (χ1v) is 8.76. The first kappa shape index (κ1) is 13.7. The van der Waals surface area contributed by atoms with E-state index in [1.807, 2.05) is 17.9 Å². The van der Waals surface area contributed by atoms with Crippen molar-refractivity contribution in [1.82, 2.24) is 19.7 Å². The molecule has 1 atom stereocenters. The van der Waals surface area contributed by atoms with Gasteiger partial charge < -0.3 is 9.64 Å². The van der Waals surface area contributed by atoms with Crippen LogP contribution in [-0.4, -0.2) is 45.5 Å². The van der Waals surface area contributed by atoms with Gasteiger partial charge in [0.2, 0.25) is 0 Å². The first-order valence-electron chi connectivity index (χ1n) is 8.76. The zero-order chi connectivity index (χ0) is 15.4. The van der Waals surface area contributed by atoms with E-state index in [1.54, 1.807) is 6.33 Å². The summed E-state index contributed by atoms with van der Waals surface area (Å²) in [5, 5.41) is 5.46. The minimum atomic E-state index is 0.543. The van der Waals surface area contributed by atoms with Gasteiger partial charge in [-0.1, -0.05) is 6.42 Å². The summed E-state index contributed by atoms with van der Waals surface area (Å²) < 4.78 is 7.43. The predicted octanol–water partition coefficient (Wildman–Crippen LogP) is 2.15. The summed E-state index contributed by atoms with van der Waals surface area (Å²) in [5.41, 5.74) is 1.47. The third-order valence-corrected chi connectivity index (χ3v) is 6.29. The van der Waals surface area contributed by atoms with Crippen LogP contribution in [0.3, 0.4) is 0 Å². The Morgan fingerprint density at radius 1 is 1.22 bits per heavy atom. The molecular weight excluding hydrogens is 290 g/mol. The van der Waals surface area contributed by atoms with Crippen LogP contribution in [0, 0.1) is 11.3 Å². The molecule has 4 heterocycles. The third-order valence-electron chi connectivity index (χ3n) is 6.29. The maximum atomic E-state index is 5.60. The highest BCUT2D eigenvalue weighted by Gasteiger charge is 2.58. The van der Waals surface area contributed by atoms with Crippen molar-refractivity contribution < 1.29 is 4.74 Å². The Balaban J connectivity index is 1.53. The molecule has 2 aromatic heterocycles. The van der Waals surface area contributed by atoms with Gasteiger partial charge in [0.15, 0.2) is 5.65 Å². The van der Waals surface area contributed by atoms with Crippen LogP contribution < -0.4 is 4.90 Å². The number of aromatic nitrogens is 4. The van der Waals surface area contributed by atoms with E-state index in [0.717, 1.165) is 42.5 Å². The van der Waals surface area contributed by atoms with Crippen molar-refractivity contribution in [2.75, 3.05) is 24.7 Å². The molecule has 0 bridgehead atoms. The Morgan fingerprint density at radius 2 is 2.04 bits per heavy atom. The molecule has 6 heteroatoms. The lowest BCUT2D eigenvalue weighted by molar-refractivity contribution is -0.0367. The van der Waals surface area contributed by atoms with E-state index in [1.165, 1.54) is 32.1 Å². The number of aryl methyl sites for hydroxylation is 1. The molecule has 2 aromatic rings. The van der Waals surface area contributed by atoms with Crippen molar-refractivity contribution >= 4 is 16.9 Å². The molecule has 1 aliphatic carbocycles. The van der Waals surface area contributed by atoms with Gasteiger partial charge in [-0.05, 0) is 31.6 Å². The van der Waals surface area contributed by atoms with Crippen molar-refractivity contribution in [3.05, 3.63) is 12.5 Å². The van der Waals surface area contributed by atoms with Crippen LogP contribution in [0.5, 0.6) is 0 Å². The summed E-state index contributed by atoms with van der Waals surface area (Å²) in [6.45, 7) is 2.98. The summed E-state index contributed by atoms with van der Waals surface area (Å²) in [7, 11) is 1.94. The Labute approximate surface area is 135 Å². The molecule has 1 unspecified atom stereocenters. The normalized spacial score (nSPS) is 27.2. The minimum Gasteiger partial charge on any atom is -0.381 e. The van der Waals surface area contributed by atoms with Gasteiger partial charge in [0.1, 0.15) is 12.1 Å². The summed E-state index contributed by atoms with van der Waals surface area (Å²) >= 11 is 0. The first-order chi connectivity index (χ1) is 11.3. The molecule has 0 amide bonds. The maximum absolute atomic E-state index is 5.60. The Hall–Kier alpha value is -1.69. The van der Waals surface area contributed by atoms with Crippen LogP contribution in [0.25, 0.3) is 11.0 Å². The molecule has 122 valence electrons. The number of anilines is 1. The highest BCUT2D eigenvalue weighted by Crippen LogP contribution is 2.57. The molecule has 1 spiro atoms. The SMILES string of the molecule is Cn1ncc2c(N3CC4(CCC4)C3C3CCOCC3)ncnc21. The van der Waals surface area contributed by atoms with E-state index in [0.29, 0.717) is 11.5 Å². The smallest absolute Gasteiger partial charge is 0.163 e. The fraction of sp³-hybridized carbons (Fsp3) is 0.706. The number of hydrogen-bond acceptors (Lipinski definition) is 5. The molecule has 5 rings (SSSR count). The number of fused-ring (bicyclic) bond motifs is 1. The van der Waals surface area contributed by atoms with Crippen LogP contribution in [0.15, 0.2) is 12.5 Å². The van der Waals surface area contributed by atoms with Crippen molar-refractivity contribution in [3.8, 4) is 0 Å². The molecule has 23 heavy (non-hydrogen) atoms. The van der Waals surface area contributed by atoms with Gasteiger partial charge in [0.05, 0.1) is 11.6 Å². The van der Waals surface area contributed by atoms with E-state index in [2.05, 4.69) is 20.0 Å². The lowest BCUT2D eigenvalue weighted by atomic mass is 9.54. The molecule has 0 radical (unpaired) electrons. The Bertz CT molecular complexity index is 732. The summed E-state index contributed by atoms with van der Waals surface area (Å²) in [5.74, 6) is 1.82. The molecule has 3 fully saturated rings. The molecule has 6 nitrogen and oxygen atoms in total. The van der Waals surface area contributed by atoms with E-state index >= 15 is 0 Å². The van der Waals surface area contributed by atoms with Crippen LogP contribution in [0.2, 0.25) is 0 Å². The lowest BCUT2D eigenvalue weighted by Crippen LogP contribution is -2.70. The summed E-state index contributed by atoms with van der Waals surface area (Å²) in [6.07, 6.45) is 10.1. The largest absolute Gasteiger partial charge is 0.381 e. The lowest BCUT2D eigenvalue weighted by Gasteiger charge is -2.65. The third kappa shape index (κ3) is 1.87. The van der Waals surface area contributed by atoms with Crippen molar-refractivity contribution in [2.45, 2.75) is 38.1 Å². The van der Waals surface area contributed by atoms with Gasteiger partial charge in [0, 0.05) is 38.3 Å². The topological polar surface area (TPSA) is 56.1 Å². The fourth-order valence-corrected chi connectivity index (χ4v) is 5.01.